The van der Waals surface area contributed by atoms with Gasteiger partial charge in [-0.25, -0.2) is 0 Å². The lowest BCUT2D eigenvalue weighted by molar-refractivity contribution is 0.296. The molecule has 0 spiro atoms. The Morgan fingerprint density at radius 2 is 1.52 bits per heavy atom. The van der Waals surface area contributed by atoms with Gasteiger partial charge in [0.05, 0.1) is 18.9 Å². The van der Waals surface area contributed by atoms with Crippen LogP contribution in [0.3, 0.4) is 0 Å². The lowest BCUT2D eigenvalue weighted by Crippen LogP contribution is -2.17. The number of rotatable bonds is 13. The molecule has 0 unspecified atom stereocenters. The Morgan fingerprint density at radius 3 is 2.19 bits per heavy atom. The molecule has 0 aliphatic heterocycles. The van der Waals surface area contributed by atoms with Gasteiger partial charge >= 0.3 is 0 Å². The SMILES string of the molecule is CCCCCCOc1ccc(OCCCCCC)c(-n2ccccc2=O)c1. The summed E-state index contributed by atoms with van der Waals surface area (Å²) in [6.07, 6.45) is 11.1. The van der Waals surface area contributed by atoms with E-state index in [2.05, 4.69) is 13.8 Å². The van der Waals surface area contributed by atoms with Crippen LogP contribution < -0.4 is 15.0 Å². The molecule has 0 bridgehead atoms. The second kappa shape index (κ2) is 12.2. The molecule has 0 aliphatic carbocycles. The van der Waals surface area contributed by atoms with Crippen LogP contribution in [0.2, 0.25) is 0 Å². The number of benzene rings is 1. The van der Waals surface area contributed by atoms with Crippen LogP contribution in [0.15, 0.2) is 47.4 Å². The summed E-state index contributed by atoms with van der Waals surface area (Å²) in [5.74, 6) is 1.49. The zero-order chi connectivity index (χ0) is 19.3. The smallest absolute Gasteiger partial charge is 0.255 e. The van der Waals surface area contributed by atoms with Crippen molar-refractivity contribution in [1.29, 1.82) is 0 Å². The third-order valence-corrected chi connectivity index (χ3v) is 4.53. The van der Waals surface area contributed by atoms with Crippen LogP contribution in [0.25, 0.3) is 5.69 Å². The van der Waals surface area contributed by atoms with Crippen LogP contribution in [-0.4, -0.2) is 17.8 Å². The second-order valence-electron chi connectivity index (χ2n) is 6.86. The maximum Gasteiger partial charge on any atom is 0.255 e. The van der Waals surface area contributed by atoms with Crippen molar-refractivity contribution in [2.45, 2.75) is 65.2 Å². The summed E-state index contributed by atoms with van der Waals surface area (Å²) in [7, 11) is 0. The minimum atomic E-state index is -0.0755. The monoisotopic (exact) mass is 371 g/mol. The molecule has 27 heavy (non-hydrogen) atoms. The average Bonchev–Trinajstić information content (AvgIpc) is 2.69. The Balaban J connectivity index is 2.10. The molecule has 0 atom stereocenters. The molecule has 0 aliphatic rings. The quantitative estimate of drug-likeness (QED) is 0.421. The number of hydrogen-bond acceptors (Lipinski definition) is 3. The van der Waals surface area contributed by atoms with Gasteiger partial charge in [-0.15, -0.1) is 0 Å². The van der Waals surface area contributed by atoms with E-state index >= 15 is 0 Å². The van der Waals surface area contributed by atoms with E-state index in [0.717, 1.165) is 36.4 Å². The Morgan fingerprint density at radius 1 is 0.815 bits per heavy atom. The number of aromatic nitrogens is 1. The third kappa shape index (κ3) is 7.12. The van der Waals surface area contributed by atoms with E-state index in [-0.39, 0.29) is 5.56 Å². The average molecular weight is 372 g/mol. The van der Waals surface area contributed by atoms with Crippen molar-refractivity contribution in [1.82, 2.24) is 4.57 Å². The Kier molecular flexibility index (Phi) is 9.53. The van der Waals surface area contributed by atoms with Crippen LogP contribution in [-0.2, 0) is 0 Å². The van der Waals surface area contributed by atoms with Gasteiger partial charge in [-0.2, -0.15) is 0 Å². The molecule has 4 heteroatoms. The summed E-state index contributed by atoms with van der Waals surface area (Å²) >= 11 is 0. The summed E-state index contributed by atoms with van der Waals surface area (Å²) in [6, 6.07) is 10.9. The van der Waals surface area contributed by atoms with Gasteiger partial charge in [-0.3, -0.25) is 9.36 Å². The van der Waals surface area contributed by atoms with Gasteiger partial charge in [0.15, 0.2) is 0 Å². The molecule has 0 amide bonds. The van der Waals surface area contributed by atoms with E-state index in [1.165, 1.54) is 32.1 Å². The maximum atomic E-state index is 12.3. The standard InChI is InChI=1S/C23H33NO3/c1-3-5-7-11-17-26-20-14-15-22(27-18-12-8-6-4-2)21(19-20)24-16-10-9-13-23(24)25/h9-10,13-16,19H,3-8,11-12,17-18H2,1-2H3. The highest BCUT2D eigenvalue weighted by Gasteiger charge is 2.10. The van der Waals surface area contributed by atoms with Crippen molar-refractivity contribution in [3.8, 4) is 17.2 Å². The van der Waals surface area contributed by atoms with E-state index in [1.807, 2.05) is 24.3 Å². The number of unbranched alkanes of at least 4 members (excludes halogenated alkanes) is 6. The van der Waals surface area contributed by atoms with Crippen molar-refractivity contribution >= 4 is 0 Å². The number of hydrogen-bond donors (Lipinski definition) is 0. The molecule has 2 rings (SSSR count). The maximum absolute atomic E-state index is 12.3. The minimum absolute atomic E-state index is 0.0755. The van der Waals surface area contributed by atoms with E-state index < -0.39 is 0 Å². The largest absolute Gasteiger partial charge is 0.494 e. The third-order valence-electron chi connectivity index (χ3n) is 4.53. The Bertz CT molecular complexity index is 724. The van der Waals surface area contributed by atoms with Crippen molar-refractivity contribution in [2.75, 3.05) is 13.2 Å². The van der Waals surface area contributed by atoms with Crippen LogP contribution >= 0.6 is 0 Å². The molecule has 148 valence electrons. The molecule has 0 saturated carbocycles. The van der Waals surface area contributed by atoms with Crippen LogP contribution in [0.4, 0.5) is 0 Å². The molecule has 0 radical (unpaired) electrons. The number of ether oxygens (including phenoxy) is 2. The lowest BCUT2D eigenvalue weighted by Gasteiger charge is -2.15. The predicted octanol–water partition coefficient (Wildman–Crippen LogP) is 5.76. The van der Waals surface area contributed by atoms with E-state index in [0.29, 0.717) is 13.2 Å². The van der Waals surface area contributed by atoms with Gasteiger partial charge in [0, 0.05) is 18.3 Å². The molecule has 4 nitrogen and oxygen atoms in total. The summed E-state index contributed by atoms with van der Waals surface area (Å²) in [6.45, 7) is 5.75. The first-order valence-corrected chi connectivity index (χ1v) is 10.3. The highest BCUT2D eigenvalue weighted by molar-refractivity contribution is 5.51. The first kappa shape index (κ1) is 21.1. The number of nitrogens with zero attached hydrogens (tertiary/aromatic N) is 1. The summed E-state index contributed by atoms with van der Waals surface area (Å²) in [5.41, 5.74) is 0.663. The van der Waals surface area contributed by atoms with Gasteiger partial charge in [-0.1, -0.05) is 58.4 Å². The van der Waals surface area contributed by atoms with E-state index in [9.17, 15) is 4.79 Å². The minimum Gasteiger partial charge on any atom is -0.494 e. The van der Waals surface area contributed by atoms with Crippen molar-refractivity contribution in [3.63, 3.8) is 0 Å². The number of pyridine rings is 1. The molecule has 1 aromatic carbocycles. The van der Waals surface area contributed by atoms with Crippen LogP contribution in [0.1, 0.15) is 65.2 Å². The zero-order valence-corrected chi connectivity index (χ0v) is 16.8. The van der Waals surface area contributed by atoms with Crippen molar-refractivity contribution in [3.05, 3.63) is 52.9 Å². The molecule has 0 saturated heterocycles. The molecular weight excluding hydrogens is 338 g/mol. The highest BCUT2D eigenvalue weighted by atomic mass is 16.5. The fourth-order valence-corrected chi connectivity index (χ4v) is 2.95. The molecule has 2 aromatic rings. The van der Waals surface area contributed by atoms with Crippen molar-refractivity contribution < 1.29 is 9.47 Å². The molecule has 1 aromatic heterocycles. The molecule has 1 heterocycles. The Hall–Kier alpha value is -2.23. The fourth-order valence-electron chi connectivity index (χ4n) is 2.95. The molecule has 0 N–H and O–H groups in total. The topological polar surface area (TPSA) is 40.5 Å². The summed E-state index contributed by atoms with van der Waals surface area (Å²) < 4.78 is 13.5. The fraction of sp³-hybridized carbons (Fsp3) is 0.522. The van der Waals surface area contributed by atoms with Gasteiger partial charge in [0.1, 0.15) is 11.5 Å². The van der Waals surface area contributed by atoms with Gasteiger partial charge < -0.3 is 9.47 Å². The first-order valence-electron chi connectivity index (χ1n) is 10.3. The Labute approximate surface area is 163 Å². The lowest BCUT2D eigenvalue weighted by atomic mass is 10.2. The van der Waals surface area contributed by atoms with Crippen LogP contribution in [0.5, 0.6) is 11.5 Å². The summed E-state index contributed by atoms with van der Waals surface area (Å²) in [4.78, 5) is 12.3. The first-order chi connectivity index (χ1) is 13.3. The van der Waals surface area contributed by atoms with Gasteiger partial charge in [0.25, 0.3) is 5.56 Å². The highest BCUT2D eigenvalue weighted by Crippen LogP contribution is 2.27. The normalized spacial score (nSPS) is 10.7. The van der Waals surface area contributed by atoms with Gasteiger partial charge in [-0.05, 0) is 31.0 Å². The van der Waals surface area contributed by atoms with E-state index in [1.54, 1.807) is 22.9 Å². The van der Waals surface area contributed by atoms with E-state index in [4.69, 9.17) is 9.47 Å². The summed E-state index contributed by atoms with van der Waals surface area (Å²) in [5, 5.41) is 0. The molecular formula is C23H33NO3. The van der Waals surface area contributed by atoms with Crippen LogP contribution in [0, 0.1) is 0 Å². The predicted molar refractivity (Wildman–Crippen MR) is 111 cm³/mol. The second-order valence-corrected chi connectivity index (χ2v) is 6.86. The van der Waals surface area contributed by atoms with Crippen molar-refractivity contribution in [2.24, 2.45) is 0 Å². The molecule has 0 fully saturated rings. The van der Waals surface area contributed by atoms with Gasteiger partial charge in [0.2, 0.25) is 0 Å². The zero-order valence-electron chi connectivity index (χ0n) is 16.8.